The first-order chi connectivity index (χ1) is 18.3. The van der Waals surface area contributed by atoms with Gasteiger partial charge in [-0.2, -0.15) is 18.2 Å². The fraction of sp³-hybridized carbons (Fsp3) is 0.607. The molecule has 3 fully saturated rings. The van der Waals surface area contributed by atoms with Gasteiger partial charge in [-0.3, -0.25) is 4.79 Å². The van der Waals surface area contributed by atoms with E-state index >= 15 is 0 Å². The summed E-state index contributed by atoms with van der Waals surface area (Å²) in [4.78, 5) is 24.3. The Morgan fingerprint density at radius 1 is 1.23 bits per heavy atom. The highest BCUT2D eigenvalue weighted by Crippen LogP contribution is 2.45. The minimum atomic E-state index is -4.60. The second-order valence-corrected chi connectivity index (χ2v) is 12.2. The molecule has 2 N–H and O–H groups in total. The van der Waals surface area contributed by atoms with Crippen LogP contribution in [0.1, 0.15) is 62.3 Å². The molecule has 1 aromatic carbocycles. The van der Waals surface area contributed by atoms with E-state index in [0.29, 0.717) is 54.4 Å². The summed E-state index contributed by atoms with van der Waals surface area (Å²) >= 11 is 6.36. The standard InChI is InChI=1S/C28H35ClF3N5O2/c1-16-6-7-21(23(29)9-16)17(2)34-24-22(28(30,31)32)12-33-26(35-24)37-14-19(15-37)18-5-4-8-36(13-18)20-10-27(3,11-20)25(38)39/h6-7,9,12,17-20H,4-5,8,10-11,13-15H2,1-3H3,(H,38,39)(H,33,34,35). The molecule has 1 saturated carbocycles. The molecular weight excluding hydrogens is 531 g/mol. The number of aromatic nitrogens is 2. The number of rotatable bonds is 7. The summed E-state index contributed by atoms with van der Waals surface area (Å²) < 4.78 is 41.4. The summed E-state index contributed by atoms with van der Waals surface area (Å²) in [5.74, 6) is 0.195. The van der Waals surface area contributed by atoms with E-state index < -0.39 is 29.2 Å². The summed E-state index contributed by atoms with van der Waals surface area (Å²) in [7, 11) is 0. The molecule has 3 aliphatic rings. The van der Waals surface area contributed by atoms with Crippen LogP contribution in [0.4, 0.5) is 24.9 Å². The molecular formula is C28H35ClF3N5O2. The summed E-state index contributed by atoms with van der Waals surface area (Å²) in [6, 6.07) is 5.30. The van der Waals surface area contributed by atoms with Crippen LogP contribution in [0, 0.1) is 24.2 Å². The second-order valence-electron chi connectivity index (χ2n) is 11.8. The maximum atomic E-state index is 13.8. The molecule has 7 nitrogen and oxygen atoms in total. The van der Waals surface area contributed by atoms with Crippen molar-refractivity contribution in [2.45, 2.75) is 64.7 Å². The van der Waals surface area contributed by atoms with Gasteiger partial charge in [0.1, 0.15) is 11.4 Å². The number of anilines is 2. The lowest BCUT2D eigenvalue weighted by Crippen LogP contribution is -2.58. The number of aliphatic carboxylic acids is 1. The number of hydrogen-bond acceptors (Lipinski definition) is 6. The van der Waals surface area contributed by atoms with Gasteiger partial charge >= 0.3 is 12.1 Å². The Kier molecular flexibility index (Phi) is 7.47. The fourth-order valence-corrected chi connectivity index (χ4v) is 6.65. The van der Waals surface area contributed by atoms with Crippen LogP contribution in [-0.4, -0.2) is 58.2 Å². The molecule has 2 aromatic rings. The molecule has 1 aliphatic carbocycles. The summed E-state index contributed by atoms with van der Waals surface area (Å²) in [6.45, 7) is 8.80. The Bertz CT molecular complexity index is 1230. The first-order valence-electron chi connectivity index (χ1n) is 13.5. The molecule has 0 radical (unpaired) electrons. The van der Waals surface area contributed by atoms with E-state index in [2.05, 4.69) is 20.2 Å². The number of carboxylic acids is 1. The maximum absolute atomic E-state index is 13.8. The van der Waals surface area contributed by atoms with Crippen LogP contribution in [0.5, 0.6) is 0 Å². The highest BCUT2D eigenvalue weighted by atomic mass is 35.5. The Hall–Kier alpha value is -2.59. The largest absolute Gasteiger partial charge is 0.481 e. The third-order valence-corrected chi connectivity index (χ3v) is 9.14. The van der Waals surface area contributed by atoms with Gasteiger partial charge in [0.15, 0.2) is 0 Å². The van der Waals surface area contributed by atoms with Crippen molar-refractivity contribution in [2.24, 2.45) is 17.3 Å². The zero-order chi connectivity index (χ0) is 28.1. The number of piperidine rings is 1. The minimum Gasteiger partial charge on any atom is -0.481 e. The molecule has 39 heavy (non-hydrogen) atoms. The predicted octanol–water partition coefficient (Wildman–Crippen LogP) is 6.03. The minimum absolute atomic E-state index is 0.254. The van der Waals surface area contributed by atoms with Gasteiger partial charge in [0.2, 0.25) is 5.95 Å². The monoisotopic (exact) mass is 565 g/mol. The number of carbonyl (C=O) groups is 1. The van der Waals surface area contributed by atoms with E-state index in [0.717, 1.165) is 37.7 Å². The van der Waals surface area contributed by atoms with Crippen LogP contribution in [-0.2, 0) is 11.0 Å². The van der Waals surface area contributed by atoms with Crippen molar-refractivity contribution in [1.82, 2.24) is 14.9 Å². The average Bonchev–Trinajstić information content (AvgIpc) is 2.80. The number of likely N-dealkylation sites (tertiary alicyclic amines) is 1. The summed E-state index contributed by atoms with van der Waals surface area (Å²) in [5.41, 5.74) is 0.140. The molecule has 212 valence electrons. The van der Waals surface area contributed by atoms with E-state index in [-0.39, 0.29) is 11.8 Å². The van der Waals surface area contributed by atoms with Crippen molar-refractivity contribution in [3.8, 4) is 0 Å². The van der Waals surface area contributed by atoms with Crippen molar-refractivity contribution >= 4 is 29.3 Å². The van der Waals surface area contributed by atoms with Gasteiger partial charge < -0.3 is 20.2 Å². The number of nitrogens with zero attached hydrogens (tertiary/aromatic N) is 4. The van der Waals surface area contributed by atoms with Crippen molar-refractivity contribution in [1.29, 1.82) is 0 Å². The predicted molar refractivity (Wildman–Crippen MR) is 144 cm³/mol. The molecule has 5 rings (SSSR count). The van der Waals surface area contributed by atoms with Crippen molar-refractivity contribution in [2.75, 3.05) is 36.4 Å². The first-order valence-corrected chi connectivity index (χ1v) is 13.9. The van der Waals surface area contributed by atoms with Crippen LogP contribution < -0.4 is 10.2 Å². The Labute approximate surface area is 231 Å². The van der Waals surface area contributed by atoms with Crippen molar-refractivity contribution in [3.63, 3.8) is 0 Å². The van der Waals surface area contributed by atoms with Crippen molar-refractivity contribution in [3.05, 3.63) is 46.1 Å². The molecule has 0 spiro atoms. The van der Waals surface area contributed by atoms with Gasteiger partial charge in [-0.15, -0.1) is 0 Å². The van der Waals surface area contributed by atoms with Gasteiger partial charge in [0.25, 0.3) is 0 Å². The Morgan fingerprint density at radius 2 is 1.95 bits per heavy atom. The van der Waals surface area contributed by atoms with Crippen LogP contribution in [0.25, 0.3) is 0 Å². The van der Waals surface area contributed by atoms with E-state index in [1.165, 1.54) is 0 Å². The number of alkyl halides is 3. The third-order valence-electron chi connectivity index (χ3n) is 8.81. The van der Waals surface area contributed by atoms with Crippen LogP contribution >= 0.6 is 11.6 Å². The summed E-state index contributed by atoms with van der Waals surface area (Å²) in [5, 5.41) is 12.8. The zero-order valence-corrected chi connectivity index (χ0v) is 23.2. The van der Waals surface area contributed by atoms with Crippen LogP contribution in [0.3, 0.4) is 0 Å². The lowest BCUT2D eigenvalue weighted by atomic mass is 9.65. The molecule has 2 aliphatic heterocycles. The molecule has 2 atom stereocenters. The van der Waals surface area contributed by atoms with Crippen LogP contribution in [0.15, 0.2) is 24.4 Å². The van der Waals surface area contributed by atoms with E-state index in [9.17, 15) is 23.1 Å². The quantitative estimate of drug-likeness (QED) is 0.424. The number of carboxylic acid groups (broad SMARTS) is 1. The van der Waals surface area contributed by atoms with Crippen LogP contribution in [0.2, 0.25) is 5.02 Å². The number of benzene rings is 1. The zero-order valence-electron chi connectivity index (χ0n) is 22.4. The van der Waals surface area contributed by atoms with E-state index in [1.54, 1.807) is 13.0 Å². The smallest absolute Gasteiger partial charge is 0.421 e. The van der Waals surface area contributed by atoms with E-state index in [1.807, 2.05) is 30.9 Å². The lowest BCUT2D eigenvalue weighted by molar-refractivity contribution is -0.158. The Balaban J connectivity index is 1.24. The van der Waals surface area contributed by atoms with Gasteiger partial charge in [-0.25, -0.2) is 4.98 Å². The SMILES string of the molecule is Cc1ccc(C(C)Nc2nc(N3CC(C4CCCN(C5CC(C)(C(=O)O)C5)C4)C3)ncc2C(F)(F)F)c(Cl)c1. The highest BCUT2D eigenvalue weighted by Gasteiger charge is 2.50. The Morgan fingerprint density at radius 3 is 2.59 bits per heavy atom. The molecule has 2 saturated heterocycles. The molecule has 2 unspecified atom stereocenters. The van der Waals surface area contributed by atoms with Gasteiger partial charge in [-0.1, -0.05) is 23.7 Å². The molecule has 1 aromatic heterocycles. The topological polar surface area (TPSA) is 81.6 Å². The second kappa shape index (κ2) is 10.4. The van der Waals surface area contributed by atoms with E-state index in [4.69, 9.17) is 11.6 Å². The normalized spacial score (nSPS) is 27.0. The van der Waals surface area contributed by atoms with Gasteiger partial charge in [0, 0.05) is 36.9 Å². The summed E-state index contributed by atoms with van der Waals surface area (Å²) in [6.07, 6.45) is -0.182. The molecule has 0 amide bonds. The number of hydrogen-bond donors (Lipinski definition) is 2. The molecule has 11 heteroatoms. The maximum Gasteiger partial charge on any atom is 0.421 e. The number of aryl methyl sites for hydroxylation is 1. The highest BCUT2D eigenvalue weighted by molar-refractivity contribution is 6.31. The lowest BCUT2D eigenvalue weighted by Gasteiger charge is -2.52. The average molecular weight is 566 g/mol. The van der Waals surface area contributed by atoms with Gasteiger partial charge in [-0.05, 0) is 82.0 Å². The number of nitrogens with one attached hydrogen (secondary N) is 1. The van der Waals surface area contributed by atoms with Gasteiger partial charge in [0.05, 0.1) is 11.5 Å². The third kappa shape index (κ3) is 5.68. The van der Waals surface area contributed by atoms with Crippen molar-refractivity contribution < 1.29 is 23.1 Å². The first kappa shape index (κ1) is 28.0. The molecule has 3 heterocycles. The fourth-order valence-electron chi connectivity index (χ4n) is 6.25. The number of halogens is 4. The molecule has 0 bridgehead atoms.